The average Bonchev–Trinajstić information content (AvgIpc) is 3.03. The lowest BCUT2D eigenvalue weighted by Gasteiger charge is -2.31. The molecule has 1 aliphatic carbocycles. The lowest BCUT2D eigenvalue weighted by Crippen LogP contribution is -2.37. The third-order valence-corrected chi connectivity index (χ3v) is 5.01. The number of anilines is 2. The van der Waals surface area contributed by atoms with Gasteiger partial charge in [0.05, 0.1) is 5.56 Å². The van der Waals surface area contributed by atoms with Gasteiger partial charge in [0, 0.05) is 36.2 Å². The van der Waals surface area contributed by atoms with Crippen molar-refractivity contribution in [3.63, 3.8) is 0 Å². The molecule has 114 valence electrons. The summed E-state index contributed by atoms with van der Waals surface area (Å²) in [6, 6.07) is 3.70. The third kappa shape index (κ3) is 2.45. The van der Waals surface area contributed by atoms with Gasteiger partial charge in [-0.25, -0.2) is 9.97 Å². The molecular formula is C15H17N5OS. The molecule has 0 spiro atoms. The summed E-state index contributed by atoms with van der Waals surface area (Å²) in [6.07, 6.45) is 5.08. The number of aromatic nitrogens is 3. The molecule has 6 nitrogen and oxygen atoms in total. The van der Waals surface area contributed by atoms with Crippen LogP contribution in [0, 0.1) is 0 Å². The third-order valence-electron chi connectivity index (χ3n) is 4.38. The van der Waals surface area contributed by atoms with Crippen LogP contribution >= 0.6 is 11.5 Å². The van der Waals surface area contributed by atoms with E-state index in [1.54, 1.807) is 12.3 Å². The van der Waals surface area contributed by atoms with Gasteiger partial charge >= 0.3 is 0 Å². The van der Waals surface area contributed by atoms with Crippen LogP contribution < -0.4 is 10.2 Å². The summed E-state index contributed by atoms with van der Waals surface area (Å²) in [5, 5.41) is 3.36. The summed E-state index contributed by atoms with van der Waals surface area (Å²) in [5.74, 6) is 1.59. The highest BCUT2D eigenvalue weighted by Crippen LogP contribution is 2.46. The number of nitrogens with zero attached hydrogens (tertiary/aromatic N) is 4. The maximum Gasteiger partial charge on any atom is 0.259 e. The molecular weight excluding hydrogens is 298 g/mol. The van der Waals surface area contributed by atoms with Crippen LogP contribution in [0.5, 0.6) is 0 Å². The van der Waals surface area contributed by atoms with Crippen molar-refractivity contribution in [3.8, 4) is 0 Å². The van der Waals surface area contributed by atoms with E-state index in [1.165, 1.54) is 18.0 Å². The SMILES string of the molecule is CC1(c2nsc(NC(=O)c3ccc(N4CCC4)nc3)n2)CC1. The maximum absolute atomic E-state index is 12.2. The van der Waals surface area contributed by atoms with Crippen LogP contribution in [0.2, 0.25) is 0 Å². The van der Waals surface area contributed by atoms with E-state index in [0.29, 0.717) is 10.7 Å². The van der Waals surface area contributed by atoms with Gasteiger partial charge in [0.25, 0.3) is 5.91 Å². The van der Waals surface area contributed by atoms with Gasteiger partial charge in [0.2, 0.25) is 5.13 Å². The summed E-state index contributed by atoms with van der Waals surface area (Å²) < 4.78 is 4.35. The number of hydrogen-bond acceptors (Lipinski definition) is 6. The second kappa shape index (κ2) is 5.01. The van der Waals surface area contributed by atoms with E-state index in [0.717, 1.165) is 37.6 Å². The predicted octanol–water partition coefficient (Wildman–Crippen LogP) is 2.45. The maximum atomic E-state index is 12.2. The zero-order chi connectivity index (χ0) is 15.2. The van der Waals surface area contributed by atoms with Crippen LogP contribution in [0.25, 0.3) is 0 Å². The van der Waals surface area contributed by atoms with Gasteiger partial charge in [-0.3, -0.25) is 10.1 Å². The first-order valence-electron chi connectivity index (χ1n) is 7.51. The zero-order valence-corrected chi connectivity index (χ0v) is 13.2. The van der Waals surface area contributed by atoms with Gasteiger partial charge in [-0.2, -0.15) is 4.37 Å². The standard InChI is InChI=1S/C15H17N5OS/c1-15(5-6-15)13-18-14(22-19-13)17-12(21)10-3-4-11(16-9-10)20-7-2-8-20/h3-4,9H,2,5-8H2,1H3,(H,17,18,19,21). The van der Waals surface area contributed by atoms with E-state index in [1.807, 2.05) is 6.07 Å². The molecule has 3 heterocycles. The number of rotatable bonds is 4. The van der Waals surface area contributed by atoms with Crippen LogP contribution in [-0.4, -0.2) is 33.3 Å². The van der Waals surface area contributed by atoms with Crippen LogP contribution in [-0.2, 0) is 5.41 Å². The fourth-order valence-corrected chi connectivity index (χ4v) is 3.05. The second-order valence-corrected chi connectivity index (χ2v) is 6.94. The van der Waals surface area contributed by atoms with Gasteiger partial charge in [0.15, 0.2) is 5.82 Å². The molecule has 22 heavy (non-hydrogen) atoms. The van der Waals surface area contributed by atoms with Crippen molar-refractivity contribution >= 4 is 28.4 Å². The van der Waals surface area contributed by atoms with E-state index in [4.69, 9.17) is 0 Å². The Morgan fingerprint density at radius 3 is 2.77 bits per heavy atom. The Kier molecular flexibility index (Phi) is 3.11. The summed E-state index contributed by atoms with van der Waals surface area (Å²) in [7, 11) is 0. The van der Waals surface area contributed by atoms with Crippen LogP contribution in [0.3, 0.4) is 0 Å². The van der Waals surface area contributed by atoms with Crippen LogP contribution in [0.15, 0.2) is 18.3 Å². The molecule has 1 aliphatic heterocycles. The monoisotopic (exact) mass is 315 g/mol. The highest BCUT2D eigenvalue weighted by molar-refractivity contribution is 7.09. The number of carbonyl (C=O) groups is 1. The van der Waals surface area contributed by atoms with Crippen molar-refractivity contribution in [3.05, 3.63) is 29.7 Å². The minimum atomic E-state index is -0.189. The molecule has 0 unspecified atom stereocenters. The molecule has 2 aromatic rings. The first-order valence-corrected chi connectivity index (χ1v) is 8.28. The molecule has 1 saturated heterocycles. The molecule has 4 rings (SSSR count). The summed E-state index contributed by atoms with van der Waals surface area (Å²) >= 11 is 1.24. The number of nitrogens with one attached hydrogen (secondary N) is 1. The normalized spacial score (nSPS) is 18.7. The number of carbonyl (C=O) groups excluding carboxylic acids is 1. The summed E-state index contributed by atoms with van der Waals surface area (Å²) in [5.41, 5.74) is 0.665. The van der Waals surface area contributed by atoms with Crippen molar-refractivity contribution in [2.24, 2.45) is 0 Å². The molecule has 1 amide bonds. The lowest BCUT2D eigenvalue weighted by molar-refractivity contribution is 0.102. The molecule has 1 N–H and O–H groups in total. The van der Waals surface area contributed by atoms with E-state index < -0.39 is 0 Å². The van der Waals surface area contributed by atoms with Crippen molar-refractivity contribution in [1.29, 1.82) is 0 Å². The second-order valence-electron chi connectivity index (χ2n) is 6.18. The van der Waals surface area contributed by atoms with Crippen molar-refractivity contribution < 1.29 is 4.79 Å². The highest BCUT2D eigenvalue weighted by atomic mass is 32.1. The zero-order valence-electron chi connectivity index (χ0n) is 12.4. The molecule has 2 aliphatic rings. The number of hydrogen-bond donors (Lipinski definition) is 1. The average molecular weight is 315 g/mol. The smallest absolute Gasteiger partial charge is 0.259 e. The van der Waals surface area contributed by atoms with E-state index >= 15 is 0 Å². The van der Waals surface area contributed by atoms with E-state index in [2.05, 4.69) is 31.5 Å². The van der Waals surface area contributed by atoms with Crippen molar-refractivity contribution in [1.82, 2.24) is 14.3 Å². The Labute approximate surface area is 132 Å². The quantitative estimate of drug-likeness (QED) is 0.938. The molecule has 0 atom stereocenters. The topological polar surface area (TPSA) is 71.0 Å². The first kappa shape index (κ1) is 13.6. The van der Waals surface area contributed by atoms with Gasteiger partial charge in [0.1, 0.15) is 5.82 Å². The Hall–Kier alpha value is -2.02. The van der Waals surface area contributed by atoms with E-state index in [-0.39, 0.29) is 11.3 Å². The van der Waals surface area contributed by atoms with Crippen molar-refractivity contribution in [2.45, 2.75) is 31.6 Å². The summed E-state index contributed by atoms with van der Waals surface area (Å²) in [4.78, 5) is 23.2. The minimum absolute atomic E-state index is 0.125. The van der Waals surface area contributed by atoms with Gasteiger partial charge in [-0.05, 0) is 31.4 Å². The predicted molar refractivity (Wildman–Crippen MR) is 85.5 cm³/mol. The highest BCUT2D eigenvalue weighted by Gasteiger charge is 2.42. The molecule has 7 heteroatoms. The Bertz CT molecular complexity index is 703. The van der Waals surface area contributed by atoms with Crippen LogP contribution in [0.1, 0.15) is 42.4 Å². The van der Waals surface area contributed by atoms with Crippen molar-refractivity contribution in [2.75, 3.05) is 23.3 Å². The number of pyridine rings is 1. The molecule has 0 aromatic carbocycles. The van der Waals surface area contributed by atoms with E-state index in [9.17, 15) is 4.79 Å². The van der Waals surface area contributed by atoms with Gasteiger partial charge in [-0.15, -0.1) is 0 Å². The fourth-order valence-electron chi connectivity index (χ4n) is 2.35. The molecule has 2 fully saturated rings. The molecule has 1 saturated carbocycles. The number of amides is 1. The Balaban J connectivity index is 1.43. The largest absolute Gasteiger partial charge is 0.356 e. The summed E-state index contributed by atoms with van der Waals surface area (Å²) in [6.45, 7) is 4.24. The Morgan fingerprint density at radius 1 is 1.36 bits per heavy atom. The minimum Gasteiger partial charge on any atom is -0.356 e. The van der Waals surface area contributed by atoms with Gasteiger partial charge < -0.3 is 4.90 Å². The molecule has 2 aromatic heterocycles. The van der Waals surface area contributed by atoms with Gasteiger partial charge in [-0.1, -0.05) is 6.92 Å². The van der Waals surface area contributed by atoms with Crippen LogP contribution in [0.4, 0.5) is 10.9 Å². The lowest BCUT2D eigenvalue weighted by atomic mass is 10.1. The first-order chi connectivity index (χ1) is 10.6. The molecule has 0 bridgehead atoms. The molecule has 0 radical (unpaired) electrons. The fraction of sp³-hybridized carbons (Fsp3) is 0.467. The Morgan fingerprint density at radius 2 is 2.18 bits per heavy atom.